The molecule has 0 bridgehead atoms. The monoisotopic (exact) mass is 259 g/mol. The first kappa shape index (κ1) is 13.1. The Morgan fingerprint density at radius 3 is 2.89 bits per heavy atom. The van der Waals surface area contributed by atoms with E-state index in [1.54, 1.807) is 6.20 Å². The van der Waals surface area contributed by atoms with Gasteiger partial charge in [0, 0.05) is 6.20 Å². The molecule has 19 heavy (non-hydrogen) atoms. The van der Waals surface area contributed by atoms with Gasteiger partial charge in [-0.05, 0) is 30.2 Å². The lowest BCUT2D eigenvalue weighted by Gasteiger charge is -2.07. The molecule has 2 heterocycles. The predicted octanol–water partition coefficient (Wildman–Crippen LogP) is 2.11. The molecule has 0 saturated carbocycles. The number of hydrogen-bond acceptors (Lipinski definition) is 3. The number of carbonyl (C=O) groups excluding carboxylic acids is 1. The Labute approximate surface area is 110 Å². The molecule has 0 fully saturated rings. The Morgan fingerprint density at radius 1 is 1.32 bits per heavy atom. The molecule has 4 nitrogen and oxygen atoms in total. The smallest absolute Gasteiger partial charge is 0.270 e. The third kappa shape index (κ3) is 3.34. The van der Waals surface area contributed by atoms with Gasteiger partial charge in [-0.1, -0.05) is 19.1 Å². The van der Waals surface area contributed by atoms with Crippen LogP contribution in [0.25, 0.3) is 0 Å². The molecule has 98 valence electrons. The fraction of sp³-hybridized carbons (Fsp3) is 0.214. The Morgan fingerprint density at radius 2 is 2.16 bits per heavy atom. The summed E-state index contributed by atoms with van der Waals surface area (Å²) in [5.41, 5.74) is 1.96. The minimum Gasteiger partial charge on any atom is -0.345 e. The molecule has 0 aromatic carbocycles. The first-order valence-corrected chi connectivity index (χ1v) is 6.04. The SMILES string of the molecule is CCc1cccnc1CNC(=O)c1cccc(F)n1. The van der Waals surface area contributed by atoms with E-state index in [-0.39, 0.29) is 5.69 Å². The molecule has 0 unspecified atom stereocenters. The van der Waals surface area contributed by atoms with Crippen LogP contribution in [0.4, 0.5) is 4.39 Å². The number of hydrogen-bond donors (Lipinski definition) is 1. The summed E-state index contributed by atoms with van der Waals surface area (Å²) in [5, 5.41) is 2.69. The van der Waals surface area contributed by atoms with E-state index in [1.807, 2.05) is 19.1 Å². The lowest BCUT2D eigenvalue weighted by Crippen LogP contribution is -2.25. The van der Waals surface area contributed by atoms with E-state index < -0.39 is 11.9 Å². The highest BCUT2D eigenvalue weighted by Gasteiger charge is 2.09. The minimum absolute atomic E-state index is 0.0639. The predicted molar refractivity (Wildman–Crippen MR) is 69.0 cm³/mol. The summed E-state index contributed by atoms with van der Waals surface area (Å²) in [7, 11) is 0. The molecule has 0 aliphatic carbocycles. The van der Waals surface area contributed by atoms with Gasteiger partial charge < -0.3 is 5.32 Å². The highest BCUT2D eigenvalue weighted by molar-refractivity contribution is 5.92. The lowest BCUT2D eigenvalue weighted by molar-refractivity contribution is 0.0944. The van der Waals surface area contributed by atoms with Gasteiger partial charge in [0.25, 0.3) is 5.91 Å². The van der Waals surface area contributed by atoms with Crippen LogP contribution in [0.15, 0.2) is 36.5 Å². The van der Waals surface area contributed by atoms with Gasteiger partial charge in [-0.2, -0.15) is 4.39 Å². The van der Waals surface area contributed by atoms with Crippen molar-refractivity contribution < 1.29 is 9.18 Å². The number of aryl methyl sites for hydroxylation is 1. The summed E-state index contributed by atoms with van der Waals surface area (Å²) in [6.07, 6.45) is 2.53. The number of carbonyl (C=O) groups is 1. The normalized spacial score (nSPS) is 10.2. The Balaban J connectivity index is 2.04. The van der Waals surface area contributed by atoms with Crippen molar-refractivity contribution in [3.05, 3.63) is 59.4 Å². The number of pyridine rings is 2. The molecule has 2 rings (SSSR count). The van der Waals surface area contributed by atoms with Crippen LogP contribution >= 0.6 is 0 Å². The number of rotatable bonds is 4. The van der Waals surface area contributed by atoms with Crippen molar-refractivity contribution in [1.29, 1.82) is 0 Å². The van der Waals surface area contributed by atoms with Crippen molar-refractivity contribution in [3.8, 4) is 0 Å². The fourth-order valence-corrected chi connectivity index (χ4v) is 1.74. The van der Waals surface area contributed by atoms with Gasteiger partial charge >= 0.3 is 0 Å². The van der Waals surface area contributed by atoms with Gasteiger partial charge in [0.1, 0.15) is 5.69 Å². The minimum atomic E-state index is -0.667. The standard InChI is InChI=1S/C14H14FN3O/c1-2-10-5-4-8-16-12(10)9-17-14(19)11-6-3-7-13(15)18-11/h3-8H,2,9H2,1H3,(H,17,19). The Bertz CT molecular complexity index is 586. The molecular weight excluding hydrogens is 245 g/mol. The van der Waals surface area contributed by atoms with Crippen LogP contribution in [-0.4, -0.2) is 15.9 Å². The zero-order valence-corrected chi connectivity index (χ0v) is 10.6. The zero-order valence-electron chi connectivity index (χ0n) is 10.6. The van der Waals surface area contributed by atoms with Crippen LogP contribution in [0, 0.1) is 5.95 Å². The lowest BCUT2D eigenvalue weighted by atomic mass is 10.1. The van der Waals surface area contributed by atoms with Crippen molar-refractivity contribution in [2.24, 2.45) is 0 Å². The van der Waals surface area contributed by atoms with E-state index in [1.165, 1.54) is 18.2 Å². The maximum atomic E-state index is 12.9. The topological polar surface area (TPSA) is 54.9 Å². The number of nitrogens with zero attached hydrogens (tertiary/aromatic N) is 2. The van der Waals surface area contributed by atoms with Crippen LogP contribution in [-0.2, 0) is 13.0 Å². The highest BCUT2D eigenvalue weighted by Crippen LogP contribution is 2.06. The maximum Gasteiger partial charge on any atom is 0.270 e. The van der Waals surface area contributed by atoms with Gasteiger partial charge in [-0.3, -0.25) is 9.78 Å². The van der Waals surface area contributed by atoms with Crippen molar-refractivity contribution in [2.75, 3.05) is 0 Å². The van der Waals surface area contributed by atoms with E-state index in [4.69, 9.17) is 0 Å². The molecule has 0 radical (unpaired) electrons. The van der Waals surface area contributed by atoms with Gasteiger partial charge in [-0.15, -0.1) is 0 Å². The summed E-state index contributed by atoms with van der Waals surface area (Å²) in [6, 6.07) is 7.95. The van der Waals surface area contributed by atoms with Crippen molar-refractivity contribution in [1.82, 2.24) is 15.3 Å². The molecule has 0 aliphatic rings. The fourth-order valence-electron chi connectivity index (χ4n) is 1.74. The summed E-state index contributed by atoms with van der Waals surface area (Å²) in [5.74, 6) is -1.08. The van der Waals surface area contributed by atoms with Gasteiger partial charge in [0.15, 0.2) is 0 Å². The highest BCUT2D eigenvalue weighted by atomic mass is 19.1. The van der Waals surface area contributed by atoms with Crippen molar-refractivity contribution in [2.45, 2.75) is 19.9 Å². The number of halogens is 1. The largest absolute Gasteiger partial charge is 0.345 e. The maximum absolute atomic E-state index is 12.9. The second-order valence-electron chi connectivity index (χ2n) is 3.99. The number of nitrogens with one attached hydrogen (secondary N) is 1. The van der Waals surface area contributed by atoms with Crippen LogP contribution in [0.1, 0.15) is 28.7 Å². The van der Waals surface area contributed by atoms with E-state index >= 15 is 0 Å². The van der Waals surface area contributed by atoms with Crippen LogP contribution < -0.4 is 5.32 Å². The average Bonchev–Trinajstić information content (AvgIpc) is 2.45. The van der Waals surface area contributed by atoms with E-state index in [2.05, 4.69) is 15.3 Å². The third-order valence-electron chi connectivity index (χ3n) is 2.73. The van der Waals surface area contributed by atoms with Crippen LogP contribution in [0.3, 0.4) is 0 Å². The molecule has 0 saturated heterocycles. The third-order valence-corrected chi connectivity index (χ3v) is 2.73. The number of amides is 1. The molecule has 0 spiro atoms. The van der Waals surface area contributed by atoms with E-state index in [9.17, 15) is 9.18 Å². The Hall–Kier alpha value is -2.30. The van der Waals surface area contributed by atoms with Crippen LogP contribution in [0.2, 0.25) is 0 Å². The van der Waals surface area contributed by atoms with Crippen molar-refractivity contribution >= 4 is 5.91 Å². The summed E-state index contributed by atoms with van der Waals surface area (Å²) in [6.45, 7) is 2.33. The second kappa shape index (κ2) is 6.04. The van der Waals surface area contributed by atoms with Gasteiger partial charge in [0.05, 0.1) is 12.2 Å². The molecule has 2 aromatic rings. The Kier molecular flexibility index (Phi) is 4.18. The first-order valence-electron chi connectivity index (χ1n) is 6.04. The molecule has 0 aliphatic heterocycles. The summed E-state index contributed by atoms with van der Waals surface area (Å²) < 4.78 is 12.9. The van der Waals surface area contributed by atoms with Gasteiger partial charge in [0.2, 0.25) is 5.95 Å². The molecular formula is C14H14FN3O. The van der Waals surface area contributed by atoms with Crippen LogP contribution in [0.5, 0.6) is 0 Å². The van der Waals surface area contributed by atoms with Crippen molar-refractivity contribution in [3.63, 3.8) is 0 Å². The molecule has 1 amide bonds. The molecule has 1 N–H and O–H groups in total. The number of aromatic nitrogens is 2. The van der Waals surface area contributed by atoms with Gasteiger partial charge in [-0.25, -0.2) is 4.98 Å². The molecule has 5 heteroatoms. The molecule has 2 aromatic heterocycles. The zero-order chi connectivity index (χ0) is 13.7. The van der Waals surface area contributed by atoms with E-state index in [0.717, 1.165) is 17.7 Å². The average molecular weight is 259 g/mol. The first-order chi connectivity index (χ1) is 9.20. The summed E-state index contributed by atoms with van der Waals surface area (Å²) >= 11 is 0. The quantitative estimate of drug-likeness (QED) is 0.855. The molecule has 0 atom stereocenters. The van der Waals surface area contributed by atoms with E-state index in [0.29, 0.717) is 6.54 Å². The second-order valence-corrected chi connectivity index (χ2v) is 3.99. The summed E-state index contributed by atoms with van der Waals surface area (Å²) in [4.78, 5) is 19.6.